The summed E-state index contributed by atoms with van der Waals surface area (Å²) in [6, 6.07) is 15.4. The summed E-state index contributed by atoms with van der Waals surface area (Å²) >= 11 is 0. The van der Waals surface area contributed by atoms with Gasteiger partial charge in [0.1, 0.15) is 0 Å². The van der Waals surface area contributed by atoms with Gasteiger partial charge < -0.3 is 10.2 Å². The predicted octanol–water partition coefficient (Wildman–Crippen LogP) is 3.74. The molecule has 5 heteroatoms. The highest BCUT2D eigenvalue weighted by Gasteiger charge is 2.30. The fourth-order valence-corrected chi connectivity index (χ4v) is 3.96. The summed E-state index contributed by atoms with van der Waals surface area (Å²) in [5.41, 5.74) is 4.16. The number of nitrogens with zero attached hydrogens (tertiary/aromatic N) is 2. The molecule has 0 saturated carbocycles. The third-order valence-electron chi connectivity index (χ3n) is 5.49. The Bertz CT molecular complexity index is 881. The van der Waals surface area contributed by atoms with E-state index in [1.165, 1.54) is 12.8 Å². The van der Waals surface area contributed by atoms with Crippen LogP contribution in [-0.4, -0.2) is 41.2 Å². The van der Waals surface area contributed by atoms with Crippen LogP contribution in [0.3, 0.4) is 0 Å². The van der Waals surface area contributed by atoms with Crippen LogP contribution in [0.1, 0.15) is 40.7 Å². The second-order valence-corrected chi connectivity index (χ2v) is 7.39. The quantitative estimate of drug-likeness (QED) is 0.837. The molecule has 2 aromatic carbocycles. The van der Waals surface area contributed by atoms with Gasteiger partial charge in [0.25, 0.3) is 5.91 Å². The number of carbonyl (C=O) groups excluding carboxylic acids is 2. The molecule has 2 heterocycles. The highest BCUT2D eigenvalue weighted by Crippen LogP contribution is 2.31. The highest BCUT2D eigenvalue weighted by molar-refractivity contribution is 6.09. The van der Waals surface area contributed by atoms with Crippen molar-refractivity contribution in [3.8, 4) is 0 Å². The Morgan fingerprint density at radius 1 is 1.00 bits per heavy atom. The number of fused-ring (bicyclic) bond motifs is 1. The Morgan fingerprint density at radius 3 is 2.43 bits per heavy atom. The zero-order valence-corrected chi connectivity index (χ0v) is 16.0. The molecule has 0 aromatic heterocycles. The van der Waals surface area contributed by atoms with E-state index in [4.69, 9.17) is 0 Å². The Balaban J connectivity index is 1.37. The summed E-state index contributed by atoms with van der Waals surface area (Å²) in [7, 11) is 0. The minimum absolute atomic E-state index is 0.0807. The zero-order valence-electron chi connectivity index (χ0n) is 16.0. The lowest BCUT2D eigenvalue weighted by atomic mass is 10.1. The number of hydrogen-bond donors (Lipinski definition) is 1. The molecule has 1 saturated heterocycles. The van der Waals surface area contributed by atoms with E-state index < -0.39 is 0 Å². The minimum Gasteiger partial charge on any atom is -0.326 e. The third kappa shape index (κ3) is 3.71. The van der Waals surface area contributed by atoms with Crippen LogP contribution in [0, 0.1) is 0 Å². The van der Waals surface area contributed by atoms with Crippen molar-refractivity contribution in [3.05, 3.63) is 71.8 Å². The van der Waals surface area contributed by atoms with E-state index >= 15 is 0 Å². The van der Waals surface area contributed by atoms with Crippen molar-refractivity contribution in [2.45, 2.75) is 25.8 Å². The van der Waals surface area contributed by atoms with Gasteiger partial charge >= 0.3 is 0 Å². The van der Waals surface area contributed by atoms with Gasteiger partial charge in [-0.25, -0.2) is 0 Å². The van der Waals surface area contributed by atoms with Crippen LogP contribution in [0.15, 0.2) is 55.1 Å². The molecule has 2 amide bonds. The number of amides is 2. The summed E-state index contributed by atoms with van der Waals surface area (Å²) in [5.74, 6) is -0.173. The van der Waals surface area contributed by atoms with Crippen LogP contribution in [0.2, 0.25) is 0 Å². The molecule has 1 fully saturated rings. The van der Waals surface area contributed by atoms with Crippen LogP contribution in [0.4, 0.5) is 5.69 Å². The number of anilines is 1. The first kappa shape index (κ1) is 18.4. The van der Waals surface area contributed by atoms with E-state index in [1.54, 1.807) is 11.0 Å². The van der Waals surface area contributed by atoms with E-state index in [0.29, 0.717) is 17.8 Å². The maximum Gasteiger partial charge on any atom is 0.258 e. The predicted molar refractivity (Wildman–Crippen MR) is 111 cm³/mol. The van der Waals surface area contributed by atoms with E-state index in [9.17, 15) is 9.59 Å². The van der Waals surface area contributed by atoms with Crippen molar-refractivity contribution >= 4 is 23.2 Å². The van der Waals surface area contributed by atoms with Gasteiger partial charge in [0.2, 0.25) is 5.91 Å². The standard InChI is InChI=1S/C23H25N3O2/c1-17-19-9-3-4-10-20(19)23(28)26(17)15-12-22(27)24-21-11-5-2-8-18(21)16-25-13-6-7-14-25/h2-5,8-11H,1,6-7,12-16H2,(H,24,27). The molecule has 1 N–H and O–H groups in total. The SMILES string of the molecule is C=C1c2ccccc2C(=O)N1CCC(=O)Nc1ccccc1CN1CCCC1. The first-order chi connectivity index (χ1) is 13.6. The molecule has 0 spiro atoms. The molecule has 0 radical (unpaired) electrons. The largest absolute Gasteiger partial charge is 0.326 e. The zero-order chi connectivity index (χ0) is 19.5. The second-order valence-electron chi connectivity index (χ2n) is 7.39. The van der Waals surface area contributed by atoms with Crippen molar-refractivity contribution in [2.24, 2.45) is 0 Å². The lowest BCUT2D eigenvalue weighted by Gasteiger charge is -2.19. The Labute approximate surface area is 165 Å². The molecule has 2 aromatic rings. The maximum absolute atomic E-state index is 12.6. The molecule has 0 unspecified atom stereocenters. The molecule has 0 aliphatic carbocycles. The Kier molecular flexibility index (Phi) is 5.26. The summed E-state index contributed by atoms with van der Waals surface area (Å²) in [5, 5.41) is 3.03. The molecule has 2 aliphatic heterocycles. The number of nitrogens with one attached hydrogen (secondary N) is 1. The van der Waals surface area contributed by atoms with Gasteiger partial charge in [0.05, 0.1) is 0 Å². The molecule has 4 rings (SSSR count). The monoisotopic (exact) mass is 375 g/mol. The second kappa shape index (κ2) is 7.98. The van der Waals surface area contributed by atoms with Crippen LogP contribution >= 0.6 is 0 Å². The fourth-order valence-electron chi connectivity index (χ4n) is 3.96. The van der Waals surface area contributed by atoms with Gasteiger partial charge in [-0.05, 0) is 43.6 Å². The Hall–Kier alpha value is -2.92. The Morgan fingerprint density at radius 2 is 1.68 bits per heavy atom. The molecule has 0 bridgehead atoms. The topological polar surface area (TPSA) is 52.7 Å². The first-order valence-corrected chi connectivity index (χ1v) is 9.84. The van der Waals surface area contributed by atoms with Crippen molar-refractivity contribution in [3.63, 3.8) is 0 Å². The van der Waals surface area contributed by atoms with E-state index in [2.05, 4.69) is 22.9 Å². The number of carbonyl (C=O) groups is 2. The molecular formula is C23H25N3O2. The molecule has 5 nitrogen and oxygen atoms in total. The average Bonchev–Trinajstić information content (AvgIpc) is 3.30. The van der Waals surface area contributed by atoms with Crippen LogP contribution in [0.5, 0.6) is 0 Å². The first-order valence-electron chi connectivity index (χ1n) is 9.84. The number of rotatable bonds is 6. The summed E-state index contributed by atoms with van der Waals surface area (Å²) < 4.78 is 0. The van der Waals surface area contributed by atoms with Gasteiger partial charge in [0, 0.05) is 42.0 Å². The molecule has 144 valence electrons. The number of benzene rings is 2. The third-order valence-corrected chi connectivity index (χ3v) is 5.49. The molecular weight excluding hydrogens is 350 g/mol. The van der Waals surface area contributed by atoms with Crippen LogP contribution in [-0.2, 0) is 11.3 Å². The summed E-state index contributed by atoms with van der Waals surface area (Å²) in [6.45, 7) is 7.44. The van der Waals surface area contributed by atoms with Crippen molar-refractivity contribution in [2.75, 3.05) is 25.0 Å². The molecule has 0 atom stereocenters. The van der Waals surface area contributed by atoms with Gasteiger partial charge in [-0.3, -0.25) is 14.5 Å². The van der Waals surface area contributed by atoms with Crippen molar-refractivity contribution < 1.29 is 9.59 Å². The van der Waals surface area contributed by atoms with Gasteiger partial charge in [-0.1, -0.05) is 43.0 Å². The lowest BCUT2D eigenvalue weighted by molar-refractivity contribution is -0.116. The van der Waals surface area contributed by atoms with Gasteiger partial charge in [-0.15, -0.1) is 0 Å². The molecule has 28 heavy (non-hydrogen) atoms. The van der Waals surface area contributed by atoms with Crippen LogP contribution in [0.25, 0.3) is 5.70 Å². The van der Waals surface area contributed by atoms with Crippen molar-refractivity contribution in [1.29, 1.82) is 0 Å². The summed E-state index contributed by atoms with van der Waals surface area (Å²) in [4.78, 5) is 29.1. The minimum atomic E-state index is -0.0922. The van der Waals surface area contributed by atoms with Gasteiger partial charge in [-0.2, -0.15) is 0 Å². The lowest BCUT2D eigenvalue weighted by Crippen LogP contribution is -2.27. The maximum atomic E-state index is 12.6. The molecule has 2 aliphatic rings. The van der Waals surface area contributed by atoms with E-state index in [-0.39, 0.29) is 18.2 Å². The fraction of sp³-hybridized carbons (Fsp3) is 0.304. The normalized spacial score (nSPS) is 16.5. The number of para-hydroxylation sites is 1. The van der Waals surface area contributed by atoms with E-state index in [1.807, 2.05) is 36.4 Å². The smallest absolute Gasteiger partial charge is 0.258 e. The van der Waals surface area contributed by atoms with Crippen LogP contribution < -0.4 is 5.32 Å². The number of likely N-dealkylation sites (tertiary alicyclic amines) is 1. The average molecular weight is 375 g/mol. The van der Waals surface area contributed by atoms with Gasteiger partial charge in [0.15, 0.2) is 0 Å². The summed E-state index contributed by atoms with van der Waals surface area (Å²) in [6.07, 6.45) is 2.71. The number of hydrogen-bond acceptors (Lipinski definition) is 3. The van der Waals surface area contributed by atoms with Crippen molar-refractivity contribution in [1.82, 2.24) is 9.80 Å². The van der Waals surface area contributed by atoms with E-state index in [0.717, 1.165) is 36.4 Å². The highest BCUT2D eigenvalue weighted by atomic mass is 16.2.